The van der Waals surface area contributed by atoms with Crippen molar-refractivity contribution in [2.24, 2.45) is 0 Å². The molecular weight excluding hydrogens is 362 g/mol. The van der Waals surface area contributed by atoms with Crippen molar-refractivity contribution < 1.29 is 4.74 Å². The van der Waals surface area contributed by atoms with Crippen molar-refractivity contribution in [1.29, 1.82) is 0 Å². The highest BCUT2D eigenvalue weighted by molar-refractivity contribution is 9.10. The second-order valence-corrected chi connectivity index (χ2v) is 6.42. The lowest BCUT2D eigenvalue weighted by Gasteiger charge is -2.27. The third kappa shape index (κ3) is 2.69. The predicted molar refractivity (Wildman–Crippen MR) is 95.8 cm³/mol. The average molecular weight is 378 g/mol. The second-order valence-electron chi connectivity index (χ2n) is 5.18. The van der Waals surface area contributed by atoms with Crippen molar-refractivity contribution in [2.45, 2.75) is 12.6 Å². The molecule has 2 aromatic rings. The monoisotopic (exact) mass is 377 g/mol. The van der Waals surface area contributed by atoms with Crippen molar-refractivity contribution in [3.05, 3.63) is 58.6 Å². The first-order valence-corrected chi connectivity index (χ1v) is 8.03. The average Bonchev–Trinajstić information content (AvgIpc) is 2.84. The van der Waals surface area contributed by atoms with Crippen molar-refractivity contribution >= 4 is 38.9 Å². The van der Waals surface area contributed by atoms with E-state index in [1.165, 1.54) is 0 Å². The molecule has 0 aliphatic carbocycles. The summed E-state index contributed by atoms with van der Waals surface area (Å²) >= 11 is 9.08. The number of nitrogens with one attached hydrogen (secondary N) is 2. The highest BCUT2D eigenvalue weighted by Gasteiger charge is 2.39. The summed E-state index contributed by atoms with van der Waals surface area (Å²) in [7, 11) is 1.65. The molecule has 0 spiro atoms. The number of thiocarbonyl (C=S) groups is 1. The molecule has 4 nitrogen and oxygen atoms in total. The fourth-order valence-corrected chi connectivity index (χ4v) is 3.52. The number of hydrazine groups is 1. The summed E-state index contributed by atoms with van der Waals surface area (Å²) in [6.45, 7) is 2.06. The van der Waals surface area contributed by atoms with Crippen LogP contribution in [0.15, 0.2) is 53.0 Å². The highest BCUT2D eigenvalue weighted by Crippen LogP contribution is 2.31. The van der Waals surface area contributed by atoms with Crippen LogP contribution in [-0.2, 0) is 5.66 Å². The zero-order valence-electron chi connectivity index (χ0n) is 12.3. The van der Waals surface area contributed by atoms with Gasteiger partial charge in [0.05, 0.1) is 12.8 Å². The van der Waals surface area contributed by atoms with Gasteiger partial charge in [0.25, 0.3) is 0 Å². The lowest BCUT2D eigenvalue weighted by atomic mass is 10.0. The largest absolute Gasteiger partial charge is 0.497 e. The first-order chi connectivity index (χ1) is 10.5. The van der Waals surface area contributed by atoms with E-state index in [9.17, 15) is 0 Å². The summed E-state index contributed by atoms with van der Waals surface area (Å²) in [6, 6.07) is 15.8. The van der Waals surface area contributed by atoms with E-state index in [2.05, 4.69) is 39.7 Å². The number of rotatable bonds is 3. The zero-order valence-corrected chi connectivity index (χ0v) is 14.7. The number of hydrogen-bond acceptors (Lipinski definition) is 3. The number of anilines is 1. The maximum atomic E-state index is 5.48. The first-order valence-electron chi connectivity index (χ1n) is 6.83. The standard InChI is InChI=1S/C16H16BrN3OS/c1-16(13-5-3-4-6-14(13)17)18-15(22)20(19-16)11-7-9-12(21-2)10-8-11/h3-10,19H,1-2H3,(H,18,22). The predicted octanol–water partition coefficient (Wildman–Crippen LogP) is 3.53. The van der Waals surface area contributed by atoms with E-state index in [4.69, 9.17) is 17.0 Å². The Morgan fingerprint density at radius 2 is 1.82 bits per heavy atom. The summed E-state index contributed by atoms with van der Waals surface area (Å²) in [5.74, 6) is 0.815. The van der Waals surface area contributed by atoms with Crippen LogP contribution in [-0.4, -0.2) is 12.2 Å². The molecule has 1 saturated heterocycles. The van der Waals surface area contributed by atoms with Crippen LogP contribution < -0.4 is 20.5 Å². The van der Waals surface area contributed by atoms with Crippen molar-refractivity contribution in [2.75, 3.05) is 12.1 Å². The van der Waals surface area contributed by atoms with E-state index >= 15 is 0 Å². The molecule has 1 atom stereocenters. The molecule has 0 radical (unpaired) electrons. The Kier molecular flexibility index (Phi) is 4.08. The Morgan fingerprint density at radius 1 is 1.14 bits per heavy atom. The number of ether oxygens (including phenoxy) is 1. The molecule has 2 N–H and O–H groups in total. The lowest BCUT2D eigenvalue weighted by Crippen LogP contribution is -2.46. The quantitative estimate of drug-likeness (QED) is 0.800. The van der Waals surface area contributed by atoms with Crippen LogP contribution in [0.2, 0.25) is 0 Å². The van der Waals surface area contributed by atoms with Gasteiger partial charge in [-0.25, -0.2) is 5.01 Å². The third-order valence-corrected chi connectivity index (χ3v) is 4.61. The molecule has 1 fully saturated rings. The van der Waals surface area contributed by atoms with Crippen LogP contribution >= 0.6 is 28.1 Å². The van der Waals surface area contributed by atoms with E-state index in [0.29, 0.717) is 5.11 Å². The van der Waals surface area contributed by atoms with Gasteiger partial charge < -0.3 is 10.1 Å². The molecule has 6 heteroatoms. The molecule has 0 aromatic heterocycles. The van der Waals surface area contributed by atoms with Crippen LogP contribution in [0.5, 0.6) is 5.75 Å². The topological polar surface area (TPSA) is 36.5 Å². The Labute approximate surface area is 143 Å². The van der Waals surface area contributed by atoms with E-state index < -0.39 is 5.66 Å². The summed E-state index contributed by atoms with van der Waals surface area (Å²) in [5.41, 5.74) is 5.01. The smallest absolute Gasteiger partial charge is 0.190 e. The molecule has 1 aliphatic heterocycles. The number of nitrogens with zero attached hydrogens (tertiary/aromatic N) is 1. The maximum Gasteiger partial charge on any atom is 0.190 e. The minimum absolute atomic E-state index is 0.475. The van der Waals surface area contributed by atoms with Crippen molar-refractivity contribution in [1.82, 2.24) is 10.7 Å². The lowest BCUT2D eigenvalue weighted by molar-refractivity contribution is 0.388. The van der Waals surface area contributed by atoms with Gasteiger partial charge >= 0.3 is 0 Å². The molecule has 0 bridgehead atoms. The normalized spacial score (nSPS) is 20.9. The first kappa shape index (κ1) is 15.3. The second kappa shape index (κ2) is 5.87. The number of halogens is 1. The zero-order chi connectivity index (χ0) is 15.7. The number of benzene rings is 2. The van der Waals surface area contributed by atoms with Gasteiger partial charge in [0.15, 0.2) is 5.11 Å². The summed E-state index contributed by atoms with van der Waals surface area (Å²) in [5, 5.41) is 5.85. The molecule has 3 rings (SSSR count). The van der Waals surface area contributed by atoms with Crippen molar-refractivity contribution in [3.8, 4) is 5.75 Å². The Balaban J connectivity index is 1.90. The number of hydrogen-bond donors (Lipinski definition) is 2. The van der Waals surface area contributed by atoms with Gasteiger partial charge in [0, 0.05) is 10.0 Å². The van der Waals surface area contributed by atoms with Gasteiger partial charge in [0.1, 0.15) is 11.4 Å². The van der Waals surface area contributed by atoms with E-state index in [-0.39, 0.29) is 0 Å². The van der Waals surface area contributed by atoms with E-state index in [0.717, 1.165) is 21.5 Å². The maximum absolute atomic E-state index is 5.48. The SMILES string of the molecule is COc1ccc(N2NC(C)(c3ccccc3Br)NC2=S)cc1. The van der Waals surface area contributed by atoms with Gasteiger partial charge in [0.2, 0.25) is 0 Å². The van der Waals surface area contributed by atoms with E-state index in [1.54, 1.807) is 7.11 Å². The summed E-state index contributed by atoms with van der Waals surface area (Å²) in [4.78, 5) is 0. The molecule has 1 unspecified atom stereocenters. The summed E-state index contributed by atoms with van der Waals surface area (Å²) < 4.78 is 6.22. The molecule has 0 saturated carbocycles. The third-order valence-electron chi connectivity index (χ3n) is 3.64. The number of methoxy groups -OCH3 is 1. The Hall–Kier alpha value is -1.63. The molecule has 2 aromatic carbocycles. The van der Waals surface area contributed by atoms with Gasteiger partial charge in [-0.05, 0) is 49.5 Å². The fraction of sp³-hybridized carbons (Fsp3) is 0.188. The molecular formula is C16H16BrN3OS. The van der Waals surface area contributed by atoms with Gasteiger partial charge in [-0.2, -0.15) is 5.43 Å². The minimum atomic E-state index is -0.475. The van der Waals surface area contributed by atoms with Gasteiger partial charge in [-0.15, -0.1) is 0 Å². The van der Waals surface area contributed by atoms with Gasteiger partial charge in [-0.1, -0.05) is 34.1 Å². The fourth-order valence-electron chi connectivity index (χ4n) is 2.48. The molecule has 22 heavy (non-hydrogen) atoms. The Morgan fingerprint density at radius 3 is 2.45 bits per heavy atom. The Bertz CT molecular complexity index is 707. The van der Waals surface area contributed by atoms with Crippen molar-refractivity contribution in [3.63, 3.8) is 0 Å². The van der Waals surface area contributed by atoms with Crippen LogP contribution in [0.3, 0.4) is 0 Å². The minimum Gasteiger partial charge on any atom is -0.497 e. The molecule has 1 heterocycles. The van der Waals surface area contributed by atoms with Crippen LogP contribution in [0.4, 0.5) is 5.69 Å². The van der Waals surface area contributed by atoms with Crippen LogP contribution in [0.25, 0.3) is 0 Å². The molecule has 1 aliphatic rings. The van der Waals surface area contributed by atoms with E-state index in [1.807, 2.05) is 47.5 Å². The van der Waals surface area contributed by atoms with Crippen LogP contribution in [0, 0.1) is 0 Å². The van der Waals surface area contributed by atoms with Crippen LogP contribution in [0.1, 0.15) is 12.5 Å². The molecule has 114 valence electrons. The molecule has 0 amide bonds. The van der Waals surface area contributed by atoms with Gasteiger partial charge in [-0.3, -0.25) is 0 Å². The highest BCUT2D eigenvalue weighted by atomic mass is 79.9. The summed E-state index contributed by atoms with van der Waals surface area (Å²) in [6.07, 6.45) is 0.